The Kier molecular flexibility index (Phi) is 6.77. The number of aryl methyl sites for hydroxylation is 1. The molecule has 7 nitrogen and oxygen atoms in total. The van der Waals surface area contributed by atoms with Crippen molar-refractivity contribution in [1.29, 1.82) is 0 Å². The van der Waals surface area contributed by atoms with Gasteiger partial charge in [-0.25, -0.2) is 4.68 Å². The molecule has 3 aromatic heterocycles. The zero-order valence-electron chi connectivity index (χ0n) is 21.7. The predicted octanol–water partition coefficient (Wildman–Crippen LogP) is 5.71. The zero-order chi connectivity index (χ0) is 26.8. The Labute approximate surface area is 229 Å². The maximum absolute atomic E-state index is 13.3. The fraction of sp³-hybridized carbons (Fsp3) is 0.161. The van der Waals surface area contributed by atoms with E-state index in [2.05, 4.69) is 17.0 Å². The Morgan fingerprint density at radius 3 is 2.38 bits per heavy atom. The van der Waals surface area contributed by atoms with Crippen molar-refractivity contribution in [1.82, 2.24) is 24.4 Å². The number of fused-ring (bicyclic) bond motifs is 1. The summed E-state index contributed by atoms with van der Waals surface area (Å²) in [5.41, 5.74) is 5.33. The molecule has 0 saturated carbocycles. The molecule has 0 unspecified atom stereocenters. The molecule has 3 aromatic carbocycles. The number of unbranched alkanes of at least 4 members (excludes halogenated alkanes) is 1. The SMILES string of the molecule is CCCCOc1ccc(-c2nn(-c3ccccc3)cc2/C=c2\sc3nc(-c4ccc(C)cc4)nn3c2=O)cc1. The Morgan fingerprint density at radius 2 is 1.67 bits per heavy atom. The van der Waals surface area contributed by atoms with E-state index in [1.165, 1.54) is 15.9 Å². The van der Waals surface area contributed by atoms with Crippen molar-refractivity contribution in [3.8, 4) is 34.1 Å². The summed E-state index contributed by atoms with van der Waals surface area (Å²) in [6, 6.07) is 25.8. The number of hydrogen-bond donors (Lipinski definition) is 0. The van der Waals surface area contributed by atoms with Crippen molar-refractivity contribution in [3.63, 3.8) is 0 Å². The second-order valence-corrected chi connectivity index (χ2v) is 10.4. The number of ether oxygens (including phenoxy) is 1. The monoisotopic (exact) mass is 533 g/mol. The molecule has 0 aliphatic heterocycles. The summed E-state index contributed by atoms with van der Waals surface area (Å²) in [7, 11) is 0. The van der Waals surface area contributed by atoms with Crippen molar-refractivity contribution in [2.75, 3.05) is 6.61 Å². The normalized spacial score (nSPS) is 11.9. The third-order valence-electron chi connectivity index (χ3n) is 6.44. The van der Waals surface area contributed by atoms with E-state index in [1.807, 2.05) is 103 Å². The number of rotatable bonds is 8. The lowest BCUT2D eigenvalue weighted by atomic mass is 10.1. The van der Waals surface area contributed by atoms with Crippen LogP contribution in [0.1, 0.15) is 30.9 Å². The minimum Gasteiger partial charge on any atom is -0.494 e. The topological polar surface area (TPSA) is 74.3 Å². The molecule has 0 fully saturated rings. The minimum atomic E-state index is -0.195. The van der Waals surface area contributed by atoms with Gasteiger partial charge >= 0.3 is 0 Å². The quantitative estimate of drug-likeness (QED) is 0.235. The van der Waals surface area contributed by atoms with Crippen LogP contribution >= 0.6 is 11.3 Å². The van der Waals surface area contributed by atoms with Crippen LogP contribution in [0.2, 0.25) is 0 Å². The summed E-state index contributed by atoms with van der Waals surface area (Å²) in [5.74, 6) is 1.38. The summed E-state index contributed by atoms with van der Waals surface area (Å²) in [6.07, 6.45) is 5.93. The Hall–Kier alpha value is -4.56. The van der Waals surface area contributed by atoms with Crippen molar-refractivity contribution in [2.24, 2.45) is 0 Å². The van der Waals surface area contributed by atoms with E-state index >= 15 is 0 Å². The van der Waals surface area contributed by atoms with Gasteiger partial charge in [0.2, 0.25) is 4.96 Å². The molecule has 0 atom stereocenters. The van der Waals surface area contributed by atoms with Gasteiger partial charge in [-0.1, -0.05) is 72.7 Å². The average Bonchev–Trinajstić information content (AvgIpc) is 3.65. The van der Waals surface area contributed by atoms with Crippen LogP contribution in [0.4, 0.5) is 0 Å². The molecule has 0 amide bonds. The Bertz CT molecular complexity index is 1840. The van der Waals surface area contributed by atoms with Crippen LogP contribution in [0.25, 0.3) is 39.4 Å². The number of aromatic nitrogens is 5. The number of nitrogens with zero attached hydrogens (tertiary/aromatic N) is 5. The summed E-state index contributed by atoms with van der Waals surface area (Å²) in [5, 5.41) is 9.39. The molecule has 8 heteroatoms. The first kappa shape index (κ1) is 24.8. The highest BCUT2D eigenvalue weighted by Crippen LogP contribution is 2.27. The summed E-state index contributed by atoms with van der Waals surface area (Å²) in [4.78, 5) is 18.5. The molecule has 0 bridgehead atoms. The lowest BCUT2D eigenvalue weighted by molar-refractivity contribution is 0.309. The lowest BCUT2D eigenvalue weighted by Crippen LogP contribution is -2.23. The van der Waals surface area contributed by atoms with Crippen LogP contribution in [0.3, 0.4) is 0 Å². The van der Waals surface area contributed by atoms with E-state index in [1.54, 1.807) is 0 Å². The molecule has 6 aromatic rings. The molecule has 0 saturated heterocycles. The number of hydrogen-bond acceptors (Lipinski definition) is 6. The van der Waals surface area contributed by atoms with E-state index in [0.717, 1.165) is 52.2 Å². The highest BCUT2D eigenvalue weighted by atomic mass is 32.1. The maximum Gasteiger partial charge on any atom is 0.291 e. The summed E-state index contributed by atoms with van der Waals surface area (Å²) >= 11 is 1.32. The third-order valence-corrected chi connectivity index (χ3v) is 7.40. The van der Waals surface area contributed by atoms with Gasteiger partial charge in [0, 0.05) is 22.9 Å². The third kappa shape index (κ3) is 5.11. The first-order chi connectivity index (χ1) is 19.1. The van der Waals surface area contributed by atoms with Crippen molar-refractivity contribution in [3.05, 3.63) is 111 Å². The van der Waals surface area contributed by atoms with Gasteiger partial charge in [0.05, 0.1) is 16.8 Å². The van der Waals surface area contributed by atoms with Crippen LogP contribution < -0.4 is 14.8 Å². The van der Waals surface area contributed by atoms with Crippen molar-refractivity contribution >= 4 is 22.4 Å². The smallest absolute Gasteiger partial charge is 0.291 e. The zero-order valence-corrected chi connectivity index (χ0v) is 22.6. The lowest BCUT2D eigenvalue weighted by Gasteiger charge is -2.06. The van der Waals surface area contributed by atoms with Gasteiger partial charge in [0.25, 0.3) is 5.56 Å². The van der Waals surface area contributed by atoms with Crippen LogP contribution in [0.15, 0.2) is 89.9 Å². The first-order valence-corrected chi connectivity index (χ1v) is 13.8. The Balaban J connectivity index is 1.40. The molecule has 39 heavy (non-hydrogen) atoms. The molecule has 3 heterocycles. The minimum absolute atomic E-state index is 0.195. The van der Waals surface area contributed by atoms with Gasteiger partial charge in [0.1, 0.15) is 11.4 Å². The van der Waals surface area contributed by atoms with Crippen molar-refractivity contribution in [2.45, 2.75) is 26.7 Å². The van der Waals surface area contributed by atoms with Crippen molar-refractivity contribution < 1.29 is 4.74 Å². The molecular formula is C31H27N5O2S. The fourth-order valence-electron chi connectivity index (χ4n) is 4.27. The molecule has 0 spiro atoms. The van der Waals surface area contributed by atoms with Gasteiger partial charge in [0.15, 0.2) is 5.82 Å². The summed E-state index contributed by atoms with van der Waals surface area (Å²) < 4.78 is 9.61. The van der Waals surface area contributed by atoms with Crippen LogP contribution in [0, 0.1) is 6.92 Å². The van der Waals surface area contributed by atoms with Crippen LogP contribution in [0.5, 0.6) is 5.75 Å². The van der Waals surface area contributed by atoms with E-state index in [4.69, 9.17) is 9.84 Å². The van der Waals surface area contributed by atoms with Crippen LogP contribution in [-0.4, -0.2) is 31.0 Å². The van der Waals surface area contributed by atoms with Gasteiger partial charge < -0.3 is 4.74 Å². The first-order valence-electron chi connectivity index (χ1n) is 13.0. The summed E-state index contributed by atoms with van der Waals surface area (Å²) in [6.45, 7) is 4.87. The van der Waals surface area contributed by atoms with E-state index in [0.29, 0.717) is 21.9 Å². The molecule has 0 N–H and O–H groups in total. The number of para-hydroxylation sites is 1. The molecule has 194 valence electrons. The molecule has 0 radical (unpaired) electrons. The fourth-order valence-corrected chi connectivity index (χ4v) is 5.17. The predicted molar refractivity (Wildman–Crippen MR) is 155 cm³/mol. The molecular weight excluding hydrogens is 506 g/mol. The number of benzene rings is 3. The molecule has 0 aliphatic carbocycles. The molecule has 6 rings (SSSR count). The van der Waals surface area contributed by atoms with Crippen LogP contribution in [-0.2, 0) is 0 Å². The van der Waals surface area contributed by atoms with Gasteiger partial charge in [-0.05, 0) is 55.8 Å². The van der Waals surface area contributed by atoms with E-state index < -0.39 is 0 Å². The van der Waals surface area contributed by atoms with Gasteiger partial charge in [-0.3, -0.25) is 4.79 Å². The average molecular weight is 534 g/mol. The highest BCUT2D eigenvalue weighted by molar-refractivity contribution is 7.15. The van der Waals surface area contributed by atoms with Gasteiger partial charge in [-0.15, -0.1) is 5.10 Å². The Morgan fingerprint density at radius 1 is 0.923 bits per heavy atom. The standard InChI is InChI=1S/C31H27N5O2S/c1-3-4-18-38-26-16-14-22(15-17-26)28-24(20-35(33-28)25-8-6-5-7-9-25)19-27-30(37)36-31(39-27)32-29(34-36)23-12-10-21(2)11-13-23/h5-17,19-20H,3-4,18H2,1-2H3/b27-19-. The van der Waals surface area contributed by atoms with Gasteiger partial charge in [-0.2, -0.15) is 14.6 Å². The maximum atomic E-state index is 13.3. The second-order valence-electron chi connectivity index (χ2n) is 9.35. The highest BCUT2D eigenvalue weighted by Gasteiger charge is 2.15. The van der Waals surface area contributed by atoms with E-state index in [-0.39, 0.29) is 5.56 Å². The second kappa shape index (κ2) is 10.7. The number of thiazole rings is 1. The largest absolute Gasteiger partial charge is 0.494 e. The van der Waals surface area contributed by atoms with E-state index in [9.17, 15) is 4.79 Å². The molecule has 0 aliphatic rings.